The van der Waals surface area contributed by atoms with Crippen molar-refractivity contribution in [1.29, 1.82) is 0 Å². The second kappa shape index (κ2) is 6.48. The Morgan fingerprint density at radius 2 is 1.87 bits per heavy atom. The number of hydrogen-bond donors (Lipinski definition) is 0. The predicted octanol–water partition coefficient (Wildman–Crippen LogP) is 4.96. The molecule has 0 saturated heterocycles. The van der Waals surface area contributed by atoms with E-state index in [1.807, 2.05) is 42.5 Å². The van der Waals surface area contributed by atoms with E-state index < -0.39 is 6.09 Å². The van der Waals surface area contributed by atoms with Crippen LogP contribution in [-0.2, 0) is 4.74 Å². The van der Waals surface area contributed by atoms with Crippen LogP contribution in [0.3, 0.4) is 0 Å². The highest BCUT2D eigenvalue weighted by Gasteiger charge is 2.13. The molecule has 1 aromatic heterocycles. The lowest BCUT2D eigenvalue weighted by molar-refractivity contribution is 0.155. The van der Waals surface area contributed by atoms with Gasteiger partial charge in [0, 0.05) is 5.39 Å². The number of carbonyl (C=O) groups is 1. The zero-order valence-electron chi connectivity index (χ0n) is 12.7. The van der Waals surface area contributed by atoms with Gasteiger partial charge in [0.25, 0.3) is 0 Å². The molecule has 0 unspecified atom stereocenters. The Hall–Kier alpha value is -2.88. The van der Waals surface area contributed by atoms with Gasteiger partial charge in [-0.05, 0) is 42.8 Å². The number of rotatable bonds is 3. The topological polar surface area (TPSA) is 31.2 Å². The minimum atomic E-state index is -0.410. The number of benzene rings is 2. The maximum Gasteiger partial charge on any atom is 0.418 e. The van der Waals surface area contributed by atoms with Crippen LogP contribution in [-0.4, -0.2) is 17.3 Å². The molecule has 0 saturated carbocycles. The summed E-state index contributed by atoms with van der Waals surface area (Å²) in [6.07, 6.45) is 3.25. The Bertz CT molecular complexity index is 863. The molecule has 3 aromatic rings. The number of aromatic nitrogens is 1. The van der Waals surface area contributed by atoms with Gasteiger partial charge in [0.2, 0.25) is 0 Å². The number of para-hydroxylation sites is 1. The van der Waals surface area contributed by atoms with E-state index in [2.05, 4.69) is 0 Å². The van der Waals surface area contributed by atoms with Gasteiger partial charge in [0.15, 0.2) is 0 Å². The molecule has 0 radical (unpaired) electrons. The van der Waals surface area contributed by atoms with Gasteiger partial charge in [-0.15, -0.1) is 0 Å². The zero-order chi connectivity index (χ0) is 16.2. The third-order valence-corrected chi connectivity index (χ3v) is 3.51. The molecule has 0 N–H and O–H groups in total. The normalized spacial score (nSPS) is 11.2. The fourth-order valence-corrected chi connectivity index (χ4v) is 2.45. The zero-order valence-corrected chi connectivity index (χ0v) is 12.7. The summed E-state index contributed by atoms with van der Waals surface area (Å²) >= 11 is 0. The quantitative estimate of drug-likeness (QED) is 0.685. The second-order valence-electron chi connectivity index (χ2n) is 5.05. The van der Waals surface area contributed by atoms with Crippen molar-refractivity contribution in [2.24, 2.45) is 0 Å². The number of carbonyl (C=O) groups excluding carboxylic acids is 1. The molecule has 0 fully saturated rings. The van der Waals surface area contributed by atoms with Gasteiger partial charge >= 0.3 is 6.09 Å². The van der Waals surface area contributed by atoms with Crippen molar-refractivity contribution in [1.82, 2.24) is 4.57 Å². The minimum absolute atomic E-state index is 0.275. The van der Waals surface area contributed by atoms with Gasteiger partial charge in [-0.2, -0.15) is 0 Å². The first kappa shape index (κ1) is 15.0. The van der Waals surface area contributed by atoms with E-state index in [9.17, 15) is 9.18 Å². The molecular weight excluding hydrogens is 293 g/mol. The van der Waals surface area contributed by atoms with Crippen molar-refractivity contribution in [2.75, 3.05) is 6.61 Å². The Kier molecular flexibility index (Phi) is 4.24. The summed E-state index contributed by atoms with van der Waals surface area (Å²) in [6, 6.07) is 15.7. The van der Waals surface area contributed by atoms with Crippen molar-refractivity contribution in [3.8, 4) is 0 Å². The first-order valence-corrected chi connectivity index (χ1v) is 7.40. The van der Waals surface area contributed by atoms with Crippen LogP contribution in [0.4, 0.5) is 9.18 Å². The van der Waals surface area contributed by atoms with Crippen molar-refractivity contribution < 1.29 is 13.9 Å². The number of halogens is 1. The summed E-state index contributed by atoms with van der Waals surface area (Å²) in [5.74, 6) is -0.275. The lowest BCUT2D eigenvalue weighted by Crippen LogP contribution is -2.14. The minimum Gasteiger partial charge on any atom is -0.449 e. The fraction of sp³-hybridized carbons (Fsp3) is 0.105. The summed E-state index contributed by atoms with van der Waals surface area (Å²) in [5, 5.41) is 0.958. The van der Waals surface area contributed by atoms with E-state index in [4.69, 9.17) is 4.74 Å². The van der Waals surface area contributed by atoms with Crippen LogP contribution in [0.15, 0.2) is 54.6 Å². The van der Waals surface area contributed by atoms with E-state index in [-0.39, 0.29) is 5.82 Å². The predicted molar refractivity (Wildman–Crippen MR) is 89.7 cm³/mol. The Labute approximate surface area is 133 Å². The molecule has 0 spiro atoms. The molecule has 116 valence electrons. The van der Waals surface area contributed by atoms with Crippen LogP contribution in [0.1, 0.15) is 18.2 Å². The highest BCUT2D eigenvalue weighted by molar-refractivity contribution is 5.94. The summed E-state index contributed by atoms with van der Waals surface area (Å²) in [5.41, 5.74) is 2.37. The van der Waals surface area contributed by atoms with Crippen LogP contribution in [0, 0.1) is 5.82 Å². The molecule has 0 amide bonds. The SMILES string of the molecule is CCOC(=O)n1c(/C=C/c2ccc(F)cc2)cc2ccccc21. The van der Waals surface area contributed by atoms with Gasteiger partial charge in [0.05, 0.1) is 17.8 Å². The van der Waals surface area contributed by atoms with Gasteiger partial charge in [-0.25, -0.2) is 13.8 Å². The van der Waals surface area contributed by atoms with Crippen molar-refractivity contribution in [2.45, 2.75) is 6.92 Å². The number of nitrogens with zero attached hydrogens (tertiary/aromatic N) is 1. The lowest BCUT2D eigenvalue weighted by atomic mass is 10.2. The third kappa shape index (κ3) is 3.16. The van der Waals surface area contributed by atoms with Gasteiger partial charge < -0.3 is 4.74 Å². The Morgan fingerprint density at radius 3 is 2.61 bits per heavy atom. The molecule has 0 aliphatic rings. The lowest BCUT2D eigenvalue weighted by Gasteiger charge is -2.06. The fourth-order valence-electron chi connectivity index (χ4n) is 2.45. The third-order valence-electron chi connectivity index (χ3n) is 3.51. The molecule has 4 heteroatoms. The molecule has 0 aliphatic carbocycles. The number of fused-ring (bicyclic) bond motifs is 1. The number of hydrogen-bond acceptors (Lipinski definition) is 2. The molecule has 3 rings (SSSR count). The molecule has 23 heavy (non-hydrogen) atoms. The summed E-state index contributed by atoms with van der Waals surface area (Å²) in [6.45, 7) is 2.09. The average molecular weight is 309 g/mol. The molecule has 3 nitrogen and oxygen atoms in total. The molecule has 0 bridgehead atoms. The second-order valence-corrected chi connectivity index (χ2v) is 5.05. The van der Waals surface area contributed by atoms with E-state index in [0.29, 0.717) is 12.3 Å². The first-order chi connectivity index (χ1) is 11.2. The van der Waals surface area contributed by atoms with Crippen molar-refractivity contribution in [3.05, 3.63) is 71.7 Å². The molecule has 2 aromatic carbocycles. The van der Waals surface area contributed by atoms with Crippen molar-refractivity contribution >= 4 is 29.1 Å². The maximum absolute atomic E-state index is 13.0. The molecule has 0 atom stereocenters. The van der Waals surface area contributed by atoms with Crippen LogP contribution < -0.4 is 0 Å². The smallest absolute Gasteiger partial charge is 0.418 e. The molecule has 0 aliphatic heterocycles. The van der Waals surface area contributed by atoms with Gasteiger partial charge in [-0.3, -0.25) is 0 Å². The standard InChI is InChI=1S/C19H16FNO2/c1-2-23-19(22)21-17(13-15-5-3-4-6-18(15)21)12-9-14-7-10-16(20)11-8-14/h3-13H,2H2,1H3/b12-9+. The van der Waals surface area contributed by atoms with Crippen molar-refractivity contribution in [3.63, 3.8) is 0 Å². The van der Waals surface area contributed by atoms with Crippen LogP contribution in [0.5, 0.6) is 0 Å². The van der Waals surface area contributed by atoms with Crippen LogP contribution >= 0.6 is 0 Å². The number of ether oxygens (including phenoxy) is 1. The molecule has 1 heterocycles. The Balaban J connectivity index is 2.03. The summed E-state index contributed by atoms with van der Waals surface area (Å²) in [7, 11) is 0. The Morgan fingerprint density at radius 1 is 1.13 bits per heavy atom. The first-order valence-electron chi connectivity index (χ1n) is 7.40. The maximum atomic E-state index is 13.0. The van der Waals surface area contributed by atoms with Gasteiger partial charge in [-0.1, -0.05) is 36.4 Å². The highest BCUT2D eigenvalue weighted by atomic mass is 19.1. The monoisotopic (exact) mass is 309 g/mol. The summed E-state index contributed by atoms with van der Waals surface area (Å²) < 4.78 is 19.6. The van der Waals surface area contributed by atoms with Gasteiger partial charge in [0.1, 0.15) is 5.82 Å². The average Bonchev–Trinajstić information content (AvgIpc) is 2.93. The van der Waals surface area contributed by atoms with E-state index >= 15 is 0 Å². The van der Waals surface area contributed by atoms with E-state index in [0.717, 1.165) is 16.5 Å². The molecular formula is C19H16FNO2. The van der Waals surface area contributed by atoms with E-state index in [1.165, 1.54) is 12.1 Å². The van der Waals surface area contributed by atoms with E-state index in [1.54, 1.807) is 23.6 Å². The van der Waals surface area contributed by atoms with Crippen LogP contribution in [0.25, 0.3) is 23.1 Å². The highest BCUT2D eigenvalue weighted by Crippen LogP contribution is 2.22. The summed E-state index contributed by atoms with van der Waals surface area (Å²) in [4.78, 5) is 12.3. The van der Waals surface area contributed by atoms with Crippen LogP contribution in [0.2, 0.25) is 0 Å². The largest absolute Gasteiger partial charge is 0.449 e.